The summed E-state index contributed by atoms with van der Waals surface area (Å²) in [5.41, 5.74) is -1.27. The number of nitrogens with one attached hydrogen (secondary N) is 3. The van der Waals surface area contributed by atoms with Gasteiger partial charge in [0.2, 0.25) is 5.91 Å². The van der Waals surface area contributed by atoms with E-state index in [9.17, 15) is 46.0 Å². The van der Waals surface area contributed by atoms with Crippen molar-refractivity contribution in [3.8, 4) is 6.07 Å². The normalized spacial score (nSPS) is 16.7. The van der Waals surface area contributed by atoms with Crippen LogP contribution < -0.4 is 30.7 Å². The van der Waals surface area contributed by atoms with Crippen molar-refractivity contribution in [2.75, 3.05) is 36.8 Å². The van der Waals surface area contributed by atoms with Crippen LogP contribution in [0.1, 0.15) is 19.8 Å². The van der Waals surface area contributed by atoms with Crippen LogP contribution >= 0.6 is 11.3 Å². The van der Waals surface area contributed by atoms with Gasteiger partial charge in [-0.2, -0.15) is 18.4 Å². The van der Waals surface area contributed by atoms with Crippen LogP contribution in [0.3, 0.4) is 0 Å². The number of piperidine rings is 1. The molecule has 0 atom stereocenters. The van der Waals surface area contributed by atoms with Gasteiger partial charge in [0.15, 0.2) is 5.57 Å². The van der Waals surface area contributed by atoms with Crippen LogP contribution in [0.5, 0.6) is 0 Å². The monoisotopic (exact) mass is 590 g/mol. The summed E-state index contributed by atoms with van der Waals surface area (Å²) in [6.45, 7) is -0.267. The fourth-order valence-corrected chi connectivity index (χ4v) is 4.83. The lowest BCUT2D eigenvalue weighted by atomic mass is 10.1. The van der Waals surface area contributed by atoms with Gasteiger partial charge in [-0.25, -0.2) is 13.2 Å². The van der Waals surface area contributed by atoms with Gasteiger partial charge in [0, 0.05) is 44.4 Å². The molecular formula is C24H24F6N6O3S. The first-order chi connectivity index (χ1) is 18.7. The number of nitrogens with zero attached hydrogens (tertiary/aromatic N) is 3. The first-order valence-corrected chi connectivity index (χ1v) is 12.7. The number of hydrogen-bond donors (Lipinski definition) is 3. The molecule has 216 valence electrons. The average molecular weight is 591 g/mol. The molecule has 40 heavy (non-hydrogen) atoms. The third kappa shape index (κ3) is 8.09. The molecule has 1 aromatic carbocycles. The average Bonchev–Trinajstić information content (AvgIpc) is 3.19. The van der Waals surface area contributed by atoms with Gasteiger partial charge in [-0.1, -0.05) is 0 Å². The molecule has 0 bridgehead atoms. The fraction of sp³-hybridized carbons (Fsp3) is 0.417. The topological polar surface area (TPSA) is 119 Å². The van der Waals surface area contributed by atoms with E-state index in [2.05, 4.69) is 10.6 Å². The Kier molecular flexibility index (Phi) is 9.64. The molecule has 1 aliphatic heterocycles. The van der Waals surface area contributed by atoms with E-state index in [-0.39, 0.29) is 59.6 Å². The maximum atomic E-state index is 14.3. The number of anilines is 2. The van der Waals surface area contributed by atoms with Gasteiger partial charge in [0.05, 0.1) is 12.2 Å². The molecule has 9 nitrogen and oxygen atoms in total. The third-order valence-electron chi connectivity index (χ3n) is 5.79. The van der Waals surface area contributed by atoms with Crippen molar-refractivity contribution in [3.05, 3.63) is 43.6 Å². The summed E-state index contributed by atoms with van der Waals surface area (Å²) in [7, 11) is 0. The number of thiazole rings is 1. The fourth-order valence-electron chi connectivity index (χ4n) is 3.75. The Balaban J connectivity index is 1.80. The molecule has 1 aliphatic rings. The van der Waals surface area contributed by atoms with Crippen LogP contribution in [-0.2, 0) is 16.1 Å². The van der Waals surface area contributed by atoms with E-state index >= 15 is 0 Å². The summed E-state index contributed by atoms with van der Waals surface area (Å²) in [6.07, 6.45) is -4.24. The molecule has 16 heteroatoms. The second-order valence-corrected chi connectivity index (χ2v) is 9.80. The molecule has 2 aromatic rings. The third-order valence-corrected chi connectivity index (χ3v) is 6.92. The van der Waals surface area contributed by atoms with Crippen LogP contribution in [0.2, 0.25) is 0 Å². The number of nitriles is 1. The summed E-state index contributed by atoms with van der Waals surface area (Å²) < 4.78 is 79.2. The number of carbonyl (C=O) groups excluding carboxylic acids is 2. The van der Waals surface area contributed by atoms with E-state index in [1.54, 1.807) is 12.2 Å². The van der Waals surface area contributed by atoms with Crippen LogP contribution in [0, 0.1) is 17.1 Å². The summed E-state index contributed by atoms with van der Waals surface area (Å²) >= 11 is 0.690. The molecule has 2 amide bonds. The van der Waals surface area contributed by atoms with Crippen LogP contribution in [0.4, 0.5) is 37.7 Å². The van der Waals surface area contributed by atoms with Gasteiger partial charge in [-0.15, -0.1) is 11.3 Å². The van der Waals surface area contributed by atoms with Crippen LogP contribution in [0.25, 0.3) is 11.8 Å². The predicted octanol–water partition coefficient (Wildman–Crippen LogP) is 1.94. The predicted molar refractivity (Wildman–Crippen MR) is 135 cm³/mol. The standard InChI is InChI=1S/C24H24F6N6O3S/c1-2-36-21(39)18(40-22(36)15(10-31)20(38)33-13-24(28,29)30)11-32-14-3-4-16(25)17(9-14)34-19(37)12-35-7-5-23(26,27)6-8-35/h3-4,9,11,32H,2,5-8,12-13H2,1H3,(H,33,38)(H,34,37)/b18-11+,22-15-. The second kappa shape index (κ2) is 12.6. The van der Waals surface area contributed by atoms with E-state index in [1.807, 2.05) is 0 Å². The zero-order valence-electron chi connectivity index (χ0n) is 21.0. The van der Waals surface area contributed by atoms with Crippen molar-refractivity contribution in [2.24, 2.45) is 0 Å². The zero-order valence-corrected chi connectivity index (χ0v) is 21.8. The van der Waals surface area contributed by atoms with Crippen molar-refractivity contribution >= 4 is 46.3 Å². The quantitative estimate of drug-likeness (QED) is 0.405. The van der Waals surface area contributed by atoms with Crippen molar-refractivity contribution in [1.29, 1.82) is 5.26 Å². The minimum atomic E-state index is -4.70. The molecule has 1 fully saturated rings. The Hall–Kier alpha value is -3.84. The number of rotatable bonds is 8. The van der Waals surface area contributed by atoms with Gasteiger partial charge in [0.1, 0.15) is 27.6 Å². The Morgan fingerprint density at radius 1 is 1.23 bits per heavy atom. The van der Waals surface area contributed by atoms with Gasteiger partial charge in [-0.05, 0) is 25.1 Å². The summed E-state index contributed by atoms with van der Waals surface area (Å²) in [4.78, 5) is 38.9. The molecule has 1 saturated heterocycles. The van der Waals surface area contributed by atoms with E-state index < -0.39 is 47.4 Å². The van der Waals surface area contributed by atoms with Gasteiger partial charge >= 0.3 is 6.18 Å². The van der Waals surface area contributed by atoms with E-state index in [0.29, 0.717) is 11.3 Å². The van der Waals surface area contributed by atoms with Crippen LogP contribution in [0.15, 0.2) is 23.0 Å². The number of halogens is 6. The first-order valence-electron chi connectivity index (χ1n) is 11.9. The number of amides is 2. The molecule has 0 saturated carbocycles. The highest BCUT2D eigenvalue weighted by Gasteiger charge is 2.34. The maximum absolute atomic E-state index is 14.3. The highest BCUT2D eigenvalue weighted by molar-refractivity contribution is 7.07. The minimum Gasteiger partial charge on any atom is -0.360 e. The number of benzene rings is 1. The molecule has 0 aliphatic carbocycles. The molecule has 2 heterocycles. The van der Waals surface area contributed by atoms with E-state index in [0.717, 1.165) is 10.6 Å². The van der Waals surface area contributed by atoms with Crippen molar-refractivity contribution in [2.45, 2.75) is 38.4 Å². The number of carbonyl (C=O) groups is 2. The highest BCUT2D eigenvalue weighted by atomic mass is 32.1. The Morgan fingerprint density at radius 2 is 1.90 bits per heavy atom. The summed E-state index contributed by atoms with van der Waals surface area (Å²) in [5, 5.41) is 16.1. The number of hydrogen-bond acceptors (Lipinski definition) is 7. The molecule has 1 aromatic heterocycles. The Labute approximate surface area is 227 Å². The second-order valence-electron chi connectivity index (χ2n) is 8.77. The summed E-state index contributed by atoms with van der Waals surface area (Å²) in [5.74, 6) is -5.44. The SMILES string of the molecule is CCn1c(=O)/c(=C\Nc2ccc(F)c(NC(=O)CN3CCC(F)(F)CC3)c2)s/c1=C(/C#N)C(=O)NCC(F)(F)F. The lowest BCUT2D eigenvalue weighted by Gasteiger charge is -2.31. The smallest absolute Gasteiger partial charge is 0.360 e. The van der Waals surface area contributed by atoms with Crippen molar-refractivity contribution in [1.82, 2.24) is 14.8 Å². The Morgan fingerprint density at radius 3 is 2.50 bits per heavy atom. The lowest BCUT2D eigenvalue weighted by molar-refractivity contribution is -0.135. The Bertz CT molecular complexity index is 1480. The van der Waals surface area contributed by atoms with Crippen LogP contribution in [-0.4, -0.2) is 59.6 Å². The van der Waals surface area contributed by atoms with Gasteiger partial charge in [0.25, 0.3) is 17.4 Å². The highest BCUT2D eigenvalue weighted by Crippen LogP contribution is 2.27. The maximum Gasteiger partial charge on any atom is 0.405 e. The molecular weight excluding hydrogens is 566 g/mol. The number of likely N-dealkylation sites (tertiary alicyclic amines) is 1. The zero-order chi connectivity index (χ0) is 29.7. The van der Waals surface area contributed by atoms with Crippen molar-refractivity contribution in [3.63, 3.8) is 0 Å². The lowest BCUT2D eigenvalue weighted by Crippen LogP contribution is -2.43. The first kappa shape index (κ1) is 30.7. The molecule has 0 radical (unpaired) electrons. The van der Waals surface area contributed by atoms with Gasteiger partial charge in [-0.3, -0.25) is 23.9 Å². The molecule has 0 unspecified atom stereocenters. The molecule has 0 spiro atoms. The molecule has 3 N–H and O–H groups in total. The van der Waals surface area contributed by atoms with Gasteiger partial charge < -0.3 is 16.0 Å². The van der Waals surface area contributed by atoms with E-state index in [4.69, 9.17) is 0 Å². The van der Waals surface area contributed by atoms with Crippen molar-refractivity contribution < 1.29 is 35.9 Å². The summed E-state index contributed by atoms with van der Waals surface area (Å²) in [6, 6.07) is 5.12. The number of alkyl halides is 5. The van der Waals surface area contributed by atoms with E-state index in [1.165, 1.54) is 29.3 Å². The largest absolute Gasteiger partial charge is 0.405 e. The minimum absolute atomic E-state index is 0.00923. The number of aromatic nitrogens is 1. The molecule has 3 rings (SSSR count).